The Kier molecular flexibility index (Phi) is 12.0. The fourth-order valence-electron chi connectivity index (χ4n) is 6.42. The van der Waals surface area contributed by atoms with Crippen LogP contribution in [0.1, 0.15) is 129 Å². The van der Waals surface area contributed by atoms with Gasteiger partial charge in [-0.3, -0.25) is 0 Å². The van der Waals surface area contributed by atoms with Gasteiger partial charge in [-0.2, -0.15) is 0 Å². The highest BCUT2D eigenvalue weighted by Crippen LogP contribution is 2.43. The predicted octanol–water partition coefficient (Wildman–Crippen LogP) is 9.77. The van der Waals surface area contributed by atoms with E-state index in [0.717, 1.165) is 36.0 Å². The molecule has 0 aromatic heterocycles. The van der Waals surface area contributed by atoms with E-state index in [1.54, 1.807) is 12.8 Å². The van der Waals surface area contributed by atoms with Gasteiger partial charge in [-0.05, 0) is 86.3 Å². The van der Waals surface area contributed by atoms with E-state index in [4.69, 9.17) is 4.74 Å². The van der Waals surface area contributed by atoms with Gasteiger partial charge < -0.3 is 4.74 Å². The molecule has 0 unspecified atom stereocenters. The minimum Gasteiger partial charge on any atom is -0.494 e. The van der Waals surface area contributed by atoms with E-state index >= 15 is 0 Å². The van der Waals surface area contributed by atoms with Crippen molar-refractivity contribution in [3.63, 3.8) is 0 Å². The highest BCUT2D eigenvalue weighted by atomic mass is 16.5. The normalized spacial score (nSPS) is 26.2. The van der Waals surface area contributed by atoms with E-state index in [-0.39, 0.29) is 0 Å². The number of rotatable bonds is 14. The summed E-state index contributed by atoms with van der Waals surface area (Å²) < 4.78 is 5.90. The van der Waals surface area contributed by atoms with Crippen LogP contribution >= 0.6 is 0 Å². The maximum atomic E-state index is 5.90. The molecule has 0 N–H and O–H groups in total. The van der Waals surface area contributed by atoms with E-state index in [9.17, 15) is 0 Å². The number of benzene rings is 1. The van der Waals surface area contributed by atoms with Crippen LogP contribution in [0.15, 0.2) is 24.3 Å². The van der Waals surface area contributed by atoms with Crippen LogP contribution in [-0.4, -0.2) is 6.61 Å². The van der Waals surface area contributed by atoms with Gasteiger partial charge in [-0.25, -0.2) is 0 Å². The lowest BCUT2D eigenvalue weighted by atomic mass is 9.68. The molecule has 1 heteroatoms. The van der Waals surface area contributed by atoms with Gasteiger partial charge in [0.2, 0.25) is 0 Å². The minimum absolute atomic E-state index is 0.864. The van der Waals surface area contributed by atoms with Gasteiger partial charge in [0, 0.05) is 0 Å². The molecule has 2 saturated carbocycles. The smallest absolute Gasteiger partial charge is 0.119 e. The molecule has 2 aliphatic rings. The van der Waals surface area contributed by atoms with Crippen molar-refractivity contribution >= 4 is 0 Å². The van der Waals surface area contributed by atoms with Crippen LogP contribution in [0.3, 0.4) is 0 Å². The second-order valence-electron chi connectivity index (χ2n) is 11.1. The molecule has 182 valence electrons. The number of ether oxygens (including phenoxy) is 1. The van der Waals surface area contributed by atoms with Crippen molar-refractivity contribution in [1.82, 2.24) is 0 Å². The number of hydrogen-bond donors (Lipinski definition) is 0. The Bertz CT molecular complexity index is 575. The highest BCUT2D eigenvalue weighted by Gasteiger charge is 2.30. The Labute approximate surface area is 200 Å². The fraction of sp³-hybridized carbons (Fsp3) is 0.806. The molecule has 0 radical (unpaired) electrons. The van der Waals surface area contributed by atoms with Crippen LogP contribution in [0, 0.1) is 23.7 Å². The van der Waals surface area contributed by atoms with Crippen molar-refractivity contribution in [3.05, 3.63) is 29.8 Å². The van der Waals surface area contributed by atoms with Crippen LogP contribution in [0.2, 0.25) is 0 Å². The van der Waals surface area contributed by atoms with Crippen LogP contribution < -0.4 is 4.74 Å². The average Bonchev–Trinajstić information content (AvgIpc) is 2.84. The zero-order chi connectivity index (χ0) is 22.4. The van der Waals surface area contributed by atoms with Crippen LogP contribution in [-0.2, 0) is 6.42 Å². The second kappa shape index (κ2) is 15.0. The van der Waals surface area contributed by atoms with E-state index in [1.807, 2.05) is 0 Å². The molecule has 1 aromatic carbocycles. The maximum absolute atomic E-state index is 5.90. The fourth-order valence-corrected chi connectivity index (χ4v) is 6.42. The SMILES string of the molecule is CCCCCCOc1ccc(CC[C@H]2CC[C@H]([C@H]3CC[C@H](CCCCC)CC3)CC2)cc1. The predicted molar refractivity (Wildman–Crippen MR) is 139 cm³/mol. The molecule has 0 spiro atoms. The van der Waals surface area contributed by atoms with Gasteiger partial charge in [0.15, 0.2) is 0 Å². The molecule has 1 aromatic rings. The Morgan fingerprint density at radius 1 is 0.625 bits per heavy atom. The highest BCUT2D eigenvalue weighted by molar-refractivity contribution is 5.27. The van der Waals surface area contributed by atoms with E-state index in [1.165, 1.54) is 108 Å². The quantitative estimate of drug-likeness (QED) is 0.261. The summed E-state index contributed by atoms with van der Waals surface area (Å²) in [5.41, 5.74) is 1.49. The van der Waals surface area contributed by atoms with E-state index < -0.39 is 0 Å². The summed E-state index contributed by atoms with van der Waals surface area (Å²) in [4.78, 5) is 0. The van der Waals surface area contributed by atoms with Crippen molar-refractivity contribution in [3.8, 4) is 5.75 Å². The zero-order valence-electron chi connectivity index (χ0n) is 21.5. The third-order valence-electron chi connectivity index (χ3n) is 8.70. The number of hydrogen-bond acceptors (Lipinski definition) is 1. The Hall–Kier alpha value is -0.980. The summed E-state index contributed by atoms with van der Waals surface area (Å²) in [6.45, 7) is 5.45. The lowest BCUT2D eigenvalue weighted by molar-refractivity contribution is 0.140. The summed E-state index contributed by atoms with van der Waals surface area (Å²) >= 11 is 0. The first-order chi connectivity index (χ1) is 15.8. The molecular formula is C31H52O. The Balaban J connectivity index is 1.27. The largest absolute Gasteiger partial charge is 0.494 e. The molecular weight excluding hydrogens is 388 g/mol. The molecule has 2 fully saturated rings. The van der Waals surface area contributed by atoms with Crippen LogP contribution in [0.25, 0.3) is 0 Å². The van der Waals surface area contributed by atoms with Gasteiger partial charge >= 0.3 is 0 Å². The summed E-state index contributed by atoms with van der Waals surface area (Å²) in [7, 11) is 0. The average molecular weight is 441 g/mol. The van der Waals surface area contributed by atoms with Crippen molar-refractivity contribution in [2.45, 2.75) is 129 Å². The standard InChI is InChI=1S/C31H52O/c1-3-5-7-9-25-32-31-23-17-28(18-24-31)12-11-27-15-21-30(22-16-27)29-19-13-26(14-20-29)10-8-6-4-2/h17-18,23-24,26-27,29-30H,3-16,19-22,25H2,1-2H3/t26-,27-,29-,30-. The lowest BCUT2D eigenvalue weighted by Crippen LogP contribution is -2.26. The summed E-state index contributed by atoms with van der Waals surface area (Å²) in [6.07, 6.45) is 25.7. The first-order valence-corrected chi connectivity index (χ1v) is 14.5. The monoisotopic (exact) mass is 440 g/mol. The first-order valence-electron chi connectivity index (χ1n) is 14.5. The van der Waals surface area contributed by atoms with Gasteiger partial charge in [0.1, 0.15) is 5.75 Å². The molecule has 32 heavy (non-hydrogen) atoms. The lowest BCUT2D eigenvalue weighted by Gasteiger charge is -2.38. The molecule has 0 heterocycles. The third-order valence-corrected chi connectivity index (χ3v) is 8.70. The summed E-state index contributed by atoms with van der Waals surface area (Å²) in [6, 6.07) is 8.97. The van der Waals surface area contributed by atoms with Gasteiger partial charge in [-0.1, -0.05) is 96.6 Å². The van der Waals surface area contributed by atoms with Crippen molar-refractivity contribution < 1.29 is 4.74 Å². The van der Waals surface area contributed by atoms with Gasteiger partial charge in [0.05, 0.1) is 6.61 Å². The summed E-state index contributed by atoms with van der Waals surface area (Å²) in [5.74, 6) is 5.19. The van der Waals surface area contributed by atoms with Gasteiger partial charge in [-0.15, -0.1) is 0 Å². The number of aryl methyl sites for hydroxylation is 1. The zero-order valence-corrected chi connectivity index (χ0v) is 21.5. The maximum Gasteiger partial charge on any atom is 0.119 e. The van der Waals surface area contributed by atoms with Crippen molar-refractivity contribution in [1.29, 1.82) is 0 Å². The summed E-state index contributed by atoms with van der Waals surface area (Å²) in [5, 5.41) is 0. The Morgan fingerprint density at radius 3 is 1.78 bits per heavy atom. The number of unbranched alkanes of at least 4 members (excludes halogenated alkanes) is 5. The molecule has 2 aliphatic carbocycles. The Morgan fingerprint density at radius 2 is 1.19 bits per heavy atom. The van der Waals surface area contributed by atoms with Crippen molar-refractivity contribution in [2.24, 2.45) is 23.7 Å². The topological polar surface area (TPSA) is 9.23 Å². The third kappa shape index (κ3) is 9.11. The van der Waals surface area contributed by atoms with Gasteiger partial charge in [0.25, 0.3) is 0 Å². The molecule has 0 bridgehead atoms. The van der Waals surface area contributed by atoms with E-state index in [0.29, 0.717) is 0 Å². The molecule has 0 atom stereocenters. The molecule has 0 amide bonds. The minimum atomic E-state index is 0.864. The van der Waals surface area contributed by atoms with Crippen molar-refractivity contribution in [2.75, 3.05) is 6.61 Å². The molecule has 0 saturated heterocycles. The van der Waals surface area contributed by atoms with Crippen LogP contribution in [0.5, 0.6) is 5.75 Å². The molecule has 1 nitrogen and oxygen atoms in total. The van der Waals surface area contributed by atoms with Crippen LogP contribution in [0.4, 0.5) is 0 Å². The molecule has 3 rings (SSSR count). The second-order valence-corrected chi connectivity index (χ2v) is 11.1. The van der Waals surface area contributed by atoms with E-state index in [2.05, 4.69) is 38.1 Å². The first kappa shape index (κ1) is 25.6. The molecule has 0 aliphatic heterocycles.